The second-order valence-electron chi connectivity index (χ2n) is 6.14. The number of rotatable bonds is 5. The van der Waals surface area contributed by atoms with Crippen molar-refractivity contribution in [3.05, 3.63) is 76.0 Å². The number of halogens is 2. The highest BCUT2D eigenvalue weighted by Gasteiger charge is 2.16. The first kappa shape index (κ1) is 18.6. The fourth-order valence-electron chi connectivity index (χ4n) is 2.74. The molecular formula is C21H19Cl2NO2. The Labute approximate surface area is 162 Å². The minimum atomic E-state index is -0.294. The van der Waals surface area contributed by atoms with Crippen molar-refractivity contribution in [2.24, 2.45) is 0 Å². The molecule has 1 amide bonds. The van der Waals surface area contributed by atoms with E-state index in [4.69, 9.17) is 27.6 Å². The van der Waals surface area contributed by atoms with E-state index < -0.39 is 0 Å². The summed E-state index contributed by atoms with van der Waals surface area (Å²) in [6, 6.07) is 16.3. The molecule has 1 aromatic heterocycles. The number of carbonyl (C=O) groups is 1. The van der Waals surface area contributed by atoms with Crippen LogP contribution >= 0.6 is 23.2 Å². The Bertz CT molecular complexity index is 933. The molecule has 1 atom stereocenters. The largest absolute Gasteiger partial charge is 0.451 e. The van der Waals surface area contributed by atoms with Gasteiger partial charge in [-0.2, -0.15) is 0 Å². The normalized spacial score (nSPS) is 12.0. The fourth-order valence-corrected chi connectivity index (χ4v) is 3.24. The molecule has 0 unspecified atom stereocenters. The lowest BCUT2D eigenvalue weighted by Crippen LogP contribution is -2.13. The number of carbonyl (C=O) groups excluding carboxylic acids is 1. The third-order valence-corrected chi connectivity index (χ3v) is 4.93. The van der Waals surface area contributed by atoms with E-state index in [2.05, 4.69) is 19.2 Å². The Morgan fingerprint density at radius 2 is 1.88 bits per heavy atom. The molecule has 0 bridgehead atoms. The summed E-state index contributed by atoms with van der Waals surface area (Å²) in [5.74, 6) is 0.806. The standard InChI is InChI=1S/C21H19Cl2NO2/c1-3-13(2)15-6-4-5-7-18(15)24-21(25)20-11-10-19(26-20)16-9-8-14(22)12-17(16)23/h4-13H,3H2,1-2H3,(H,24,25)/t13-/m1/s1. The monoisotopic (exact) mass is 387 g/mol. The highest BCUT2D eigenvalue weighted by Crippen LogP contribution is 2.32. The molecule has 3 rings (SSSR count). The van der Waals surface area contributed by atoms with Crippen LogP contribution in [0.25, 0.3) is 11.3 Å². The van der Waals surface area contributed by atoms with Crippen LogP contribution in [0.4, 0.5) is 5.69 Å². The summed E-state index contributed by atoms with van der Waals surface area (Å²) in [6.07, 6.45) is 0.993. The lowest BCUT2D eigenvalue weighted by Gasteiger charge is -2.15. The molecule has 0 aliphatic carbocycles. The van der Waals surface area contributed by atoms with E-state index in [-0.39, 0.29) is 11.7 Å². The summed E-state index contributed by atoms with van der Waals surface area (Å²) >= 11 is 12.1. The van der Waals surface area contributed by atoms with E-state index in [1.54, 1.807) is 30.3 Å². The number of nitrogens with one attached hydrogen (secondary N) is 1. The van der Waals surface area contributed by atoms with Gasteiger partial charge in [0, 0.05) is 16.3 Å². The summed E-state index contributed by atoms with van der Waals surface area (Å²) < 4.78 is 5.71. The summed E-state index contributed by atoms with van der Waals surface area (Å²) in [6.45, 7) is 4.26. The predicted molar refractivity (Wildman–Crippen MR) is 107 cm³/mol. The molecule has 1 N–H and O–H groups in total. The Kier molecular flexibility index (Phi) is 5.70. The lowest BCUT2D eigenvalue weighted by atomic mass is 9.97. The van der Waals surface area contributed by atoms with Crippen LogP contribution in [0, 0.1) is 0 Å². The molecule has 0 fully saturated rings. The van der Waals surface area contributed by atoms with Crippen molar-refractivity contribution < 1.29 is 9.21 Å². The Morgan fingerprint density at radius 3 is 2.62 bits per heavy atom. The Hall–Kier alpha value is -2.23. The highest BCUT2D eigenvalue weighted by atomic mass is 35.5. The predicted octanol–water partition coefficient (Wildman–Crippen LogP) is 7.02. The van der Waals surface area contributed by atoms with Crippen LogP contribution in [0.1, 0.15) is 42.3 Å². The summed E-state index contributed by atoms with van der Waals surface area (Å²) in [7, 11) is 0. The van der Waals surface area contributed by atoms with Crippen molar-refractivity contribution in [2.75, 3.05) is 5.32 Å². The SMILES string of the molecule is CC[C@@H](C)c1ccccc1NC(=O)c1ccc(-c2ccc(Cl)cc2Cl)o1. The second kappa shape index (κ2) is 7.98. The topological polar surface area (TPSA) is 42.2 Å². The van der Waals surface area contributed by atoms with E-state index in [0.29, 0.717) is 27.3 Å². The molecule has 5 heteroatoms. The van der Waals surface area contributed by atoms with Crippen LogP contribution in [-0.4, -0.2) is 5.91 Å². The van der Waals surface area contributed by atoms with Gasteiger partial charge in [-0.3, -0.25) is 4.79 Å². The van der Waals surface area contributed by atoms with Crippen molar-refractivity contribution in [1.82, 2.24) is 0 Å². The number of amides is 1. The number of para-hydroxylation sites is 1. The first-order valence-corrected chi connectivity index (χ1v) is 9.20. The summed E-state index contributed by atoms with van der Waals surface area (Å²) in [5.41, 5.74) is 2.60. The molecule has 0 aliphatic rings. The van der Waals surface area contributed by atoms with Gasteiger partial charge in [-0.25, -0.2) is 0 Å². The van der Waals surface area contributed by atoms with Gasteiger partial charge in [0.25, 0.3) is 5.91 Å². The number of hydrogen-bond donors (Lipinski definition) is 1. The maximum absolute atomic E-state index is 12.6. The van der Waals surface area contributed by atoms with E-state index >= 15 is 0 Å². The van der Waals surface area contributed by atoms with E-state index in [0.717, 1.165) is 17.7 Å². The third-order valence-electron chi connectivity index (χ3n) is 4.38. The van der Waals surface area contributed by atoms with Gasteiger partial charge in [0.15, 0.2) is 5.76 Å². The number of anilines is 1. The minimum Gasteiger partial charge on any atom is -0.451 e. The van der Waals surface area contributed by atoms with Crippen LogP contribution in [0.3, 0.4) is 0 Å². The number of hydrogen-bond acceptors (Lipinski definition) is 2. The van der Waals surface area contributed by atoms with Gasteiger partial charge < -0.3 is 9.73 Å². The van der Waals surface area contributed by atoms with Crippen LogP contribution in [-0.2, 0) is 0 Å². The summed E-state index contributed by atoms with van der Waals surface area (Å²) in [4.78, 5) is 12.6. The van der Waals surface area contributed by atoms with E-state index in [1.807, 2.05) is 24.3 Å². The quantitative estimate of drug-likeness (QED) is 0.510. The van der Waals surface area contributed by atoms with Gasteiger partial charge in [-0.05, 0) is 54.3 Å². The molecule has 3 nitrogen and oxygen atoms in total. The second-order valence-corrected chi connectivity index (χ2v) is 6.98. The van der Waals surface area contributed by atoms with E-state index in [1.165, 1.54) is 0 Å². The number of benzene rings is 2. The Morgan fingerprint density at radius 1 is 1.12 bits per heavy atom. The lowest BCUT2D eigenvalue weighted by molar-refractivity contribution is 0.0997. The van der Waals surface area contributed by atoms with E-state index in [9.17, 15) is 4.79 Å². The van der Waals surface area contributed by atoms with Crippen molar-refractivity contribution in [3.63, 3.8) is 0 Å². The minimum absolute atomic E-state index is 0.227. The smallest absolute Gasteiger partial charge is 0.291 e. The first-order valence-electron chi connectivity index (χ1n) is 8.45. The molecule has 26 heavy (non-hydrogen) atoms. The van der Waals surface area contributed by atoms with Crippen LogP contribution < -0.4 is 5.32 Å². The zero-order valence-electron chi connectivity index (χ0n) is 14.6. The Balaban J connectivity index is 1.83. The van der Waals surface area contributed by atoms with Crippen molar-refractivity contribution >= 4 is 34.8 Å². The molecule has 0 spiro atoms. The van der Waals surface area contributed by atoms with Gasteiger partial charge in [-0.15, -0.1) is 0 Å². The zero-order valence-corrected chi connectivity index (χ0v) is 16.1. The zero-order chi connectivity index (χ0) is 18.7. The van der Waals surface area contributed by atoms with Crippen molar-refractivity contribution in [2.45, 2.75) is 26.2 Å². The average molecular weight is 388 g/mol. The van der Waals surface area contributed by atoms with Crippen LogP contribution in [0.5, 0.6) is 0 Å². The molecule has 3 aromatic rings. The molecule has 134 valence electrons. The van der Waals surface area contributed by atoms with Gasteiger partial charge in [0.2, 0.25) is 0 Å². The maximum atomic E-state index is 12.6. The van der Waals surface area contributed by atoms with Crippen LogP contribution in [0.15, 0.2) is 59.0 Å². The molecule has 0 aliphatic heterocycles. The van der Waals surface area contributed by atoms with Crippen LogP contribution in [0.2, 0.25) is 10.0 Å². The number of furan rings is 1. The van der Waals surface area contributed by atoms with Crippen molar-refractivity contribution in [1.29, 1.82) is 0 Å². The first-order chi connectivity index (χ1) is 12.5. The summed E-state index contributed by atoms with van der Waals surface area (Å²) in [5, 5.41) is 3.96. The maximum Gasteiger partial charge on any atom is 0.291 e. The van der Waals surface area contributed by atoms with Gasteiger partial charge >= 0.3 is 0 Å². The highest BCUT2D eigenvalue weighted by molar-refractivity contribution is 6.36. The van der Waals surface area contributed by atoms with Gasteiger partial charge in [-0.1, -0.05) is 55.2 Å². The molecule has 0 saturated heterocycles. The fraction of sp³-hybridized carbons (Fsp3) is 0.190. The molecule has 0 saturated carbocycles. The van der Waals surface area contributed by atoms with Gasteiger partial charge in [0.05, 0.1) is 5.02 Å². The molecule has 2 aromatic carbocycles. The van der Waals surface area contributed by atoms with Gasteiger partial charge in [0.1, 0.15) is 5.76 Å². The van der Waals surface area contributed by atoms with Crippen molar-refractivity contribution in [3.8, 4) is 11.3 Å². The molecule has 0 radical (unpaired) electrons. The molecular weight excluding hydrogens is 369 g/mol. The average Bonchev–Trinajstić information content (AvgIpc) is 3.11. The third kappa shape index (κ3) is 3.95. The molecule has 1 heterocycles.